The van der Waals surface area contributed by atoms with Gasteiger partial charge in [0.2, 0.25) is 10.9 Å². The molecule has 3 aromatic heterocycles. The van der Waals surface area contributed by atoms with Gasteiger partial charge < -0.3 is 5.11 Å². The van der Waals surface area contributed by atoms with E-state index in [2.05, 4.69) is 20.2 Å². The van der Waals surface area contributed by atoms with Crippen LogP contribution >= 0.6 is 34.4 Å². The number of carbonyl (C=O) groups excluding carboxylic acids is 2. The van der Waals surface area contributed by atoms with Crippen LogP contribution in [0.15, 0.2) is 64.5 Å². The fourth-order valence-electron chi connectivity index (χ4n) is 3.84. The number of hydrogen-bond acceptors (Lipinski definition) is 10. The zero-order valence-corrected chi connectivity index (χ0v) is 21.5. The number of aliphatic hydroxyl groups excluding tert-OH is 1. The Hall–Kier alpha value is -3.48. The molecule has 4 heterocycles. The zero-order valence-electron chi connectivity index (χ0n) is 19.0. The van der Waals surface area contributed by atoms with E-state index in [4.69, 9.17) is 0 Å². The van der Waals surface area contributed by atoms with E-state index in [9.17, 15) is 19.1 Å². The monoisotopic (exact) mass is 539 g/mol. The van der Waals surface area contributed by atoms with Crippen LogP contribution in [-0.4, -0.2) is 37.0 Å². The predicted octanol–water partition coefficient (Wildman–Crippen LogP) is 5.22. The van der Waals surface area contributed by atoms with Crippen molar-refractivity contribution in [2.24, 2.45) is 0 Å². The Morgan fingerprint density at radius 1 is 1.17 bits per heavy atom. The van der Waals surface area contributed by atoms with Crippen molar-refractivity contribution in [3.05, 3.63) is 92.6 Å². The molecule has 0 spiro atoms. The number of benzene rings is 1. The summed E-state index contributed by atoms with van der Waals surface area (Å²) in [6, 6.07) is 8.67. The van der Waals surface area contributed by atoms with E-state index in [0.29, 0.717) is 31.2 Å². The molecule has 4 aromatic rings. The SMILES string of the molecule is Cc1nc(C)c(C(=O)C2=C(O)C(=O)N(c3nnc(SCc4ccc(F)cc4)s3)C2c2cccnc2)s1. The number of aryl methyl sites for hydroxylation is 2. The largest absolute Gasteiger partial charge is 0.503 e. The summed E-state index contributed by atoms with van der Waals surface area (Å²) >= 11 is 3.77. The van der Waals surface area contributed by atoms with Crippen molar-refractivity contribution >= 4 is 51.3 Å². The van der Waals surface area contributed by atoms with Gasteiger partial charge in [0.25, 0.3) is 5.91 Å². The van der Waals surface area contributed by atoms with Gasteiger partial charge in [0.15, 0.2) is 10.1 Å². The van der Waals surface area contributed by atoms with Gasteiger partial charge in [0.05, 0.1) is 27.2 Å². The number of Topliss-reactive ketones (excluding diaryl/α,β-unsaturated/α-hetero) is 1. The number of amides is 1. The van der Waals surface area contributed by atoms with Crippen LogP contribution in [0.2, 0.25) is 0 Å². The molecular formula is C24H18FN5O3S3. The summed E-state index contributed by atoms with van der Waals surface area (Å²) in [7, 11) is 0. The highest BCUT2D eigenvalue weighted by molar-refractivity contribution is 8.00. The lowest BCUT2D eigenvalue weighted by Gasteiger charge is -2.23. The first-order valence-electron chi connectivity index (χ1n) is 10.7. The Balaban J connectivity index is 1.48. The van der Waals surface area contributed by atoms with E-state index in [-0.39, 0.29) is 16.5 Å². The summed E-state index contributed by atoms with van der Waals surface area (Å²) in [5.41, 5.74) is 1.95. The van der Waals surface area contributed by atoms with Gasteiger partial charge in [-0.2, -0.15) is 0 Å². The third-order valence-corrected chi connectivity index (χ3v) is 8.64. The van der Waals surface area contributed by atoms with Gasteiger partial charge in [-0.05, 0) is 43.2 Å². The molecule has 1 aliphatic heterocycles. The number of pyridine rings is 1. The fraction of sp³-hybridized carbons (Fsp3) is 0.167. The topological polar surface area (TPSA) is 109 Å². The van der Waals surface area contributed by atoms with Gasteiger partial charge in [-0.15, -0.1) is 21.5 Å². The van der Waals surface area contributed by atoms with Crippen LogP contribution in [0.1, 0.15) is 37.5 Å². The van der Waals surface area contributed by atoms with Crippen LogP contribution in [-0.2, 0) is 10.5 Å². The van der Waals surface area contributed by atoms with E-state index in [0.717, 1.165) is 5.56 Å². The van der Waals surface area contributed by atoms with Crippen LogP contribution in [0.3, 0.4) is 0 Å². The lowest BCUT2D eigenvalue weighted by molar-refractivity contribution is -0.117. The molecule has 1 N–H and O–H groups in total. The summed E-state index contributed by atoms with van der Waals surface area (Å²) in [6.07, 6.45) is 3.13. The third-order valence-electron chi connectivity index (χ3n) is 5.44. The first-order chi connectivity index (χ1) is 17.3. The van der Waals surface area contributed by atoms with Crippen molar-refractivity contribution in [1.29, 1.82) is 0 Å². The van der Waals surface area contributed by atoms with Gasteiger partial charge in [-0.3, -0.25) is 19.5 Å². The molecule has 8 nitrogen and oxygen atoms in total. The highest BCUT2D eigenvalue weighted by atomic mass is 32.2. The van der Waals surface area contributed by atoms with Crippen molar-refractivity contribution in [2.45, 2.75) is 30.0 Å². The molecule has 0 bridgehead atoms. The minimum Gasteiger partial charge on any atom is -0.503 e. The number of aromatic nitrogens is 4. The predicted molar refractivity (Wildman–Crippen MR) is 136 cm³/mol. The summed E-state index contributed by atoms with van der Waals surface area (Å²) in [5, 5.41) is 20.2. The van der Waals surface area contributed by atoms with Crippen molar-refractivity contribution in [1.82, 2.24) is 20.2 Å². The molecule has 1 unspecified atom stereocenters. The molecule has 0 fully saturated rings. The molecule has 1 aromatic carbocycles. The third kappa shape index (κ3) is 4.54. The molecule has 12 heteroatoms. The summed E-state index contributed by atoms with van der Waals surface area (Å²) < 4.78 is 13.8. The number of ketones is 1. The second-order valence-corrected chi connectivity index (χ2v) is 11.3. The van der Waals surface area contributed by atoms with Gasteiger partial charge in [0, 0.05) is 18.1 Å². The van der Waals surface area contributed by atoms with E-state index >= 15 is 0 Å². The van der Waals surface area contributed by atoms with E-state index < -0.39 is 23.5 Å². The molecule has 36 heavy (non-hydrogen) atoms. The highest BCUT2D eigenvalue weighted by Gasteiger charge is 2.46. The van der Waals surface area contributed by atoms with Crippen LogP contribution in [0, 0.1) is 19.7 Å². The summed E-state index contributed by atoms with van der Waals surface area (Å²) in [5.74, 6) is -1.60. The molecular weight excluding hydrogens is 521 g/mol. The molecule has 1 aliphatic rings. The Morgan fingerprint density at radius 2 is 1.94 bits per heavy atom. The maximum Gasteiger partial charge on any atom is 0.296 e. The van der Waals surface area contributed by atoms with Crippen molar-refractivity contribution < 1.29 is 19.1 Å². The van der Waals surface area contributed by atoms with Crippen molar-refractivity contribution in [2.75, 3.05) is 4.90 Å². The molecule has 0 saturated heterocycles. The highest BCUT2D eigenvalue weighted by Crippen LogP contribution is 2.44. The quantitative estimate of drug-likeness (QED) is 0.193. The zero-order chi connectivity index (χ0) is 25.4. The minimum absolute atomic E-state index is 0.0459. The van der Waals surface area contributed by atoms with Crippen LogP contribution in [0.25, 0.3) is 0 Å². The maximum atomic E-state index is 13.6. The van der Waals surface area contributed by atoms with Crippen LogP contribution < -0.4 is 4.90 Å². The first-order valence-corrected chi connectivity index (χ1v) is 13.3. The normalized spacial score (nSPS) is 15.7. The number of halogens is 1. The first kappa shape index (κ1) is 24.2. The number of anilines is 1. The second-order valence-electron chi connectivity index (χ2n) is 7.87. The summed E-state index contributed by atoms with van der Waals surface area (Å²) in [6.45, 7) is 3.51. The Labute approximate surface area is 217 Å². The summed E-state index contributed by atoms with van der Waals surface area (Å²) in [4.78, 5) is 37.0. The molecule has 1 atom stereocenters. The number of aliphatic hydroxyl groups is 1. The van der Waals surface area contributed by atoms with Gasteiger partial charge in [-0.25, -0.2) is 9.37 Å². The molecule has 182 valence electrons. The van der Waals surface area contributed by atoms with E-state index in [1.807, 2.05) is 0 Å². The second kappa shape index (κ2) is 9.88. The Kier molecular flexibility index (Phi) is 6.65. The smallest absolute Gasteiger partial charge is 0.296 e. The molecule has 0 aliphatic carbocycles. The lowest BCUT2D eigenvalue weighted by atomic mass is 9.96. The molecule has 0 saturated carbocycles. The van der Waals surface area contributed by atoms with Crippen LogP contribution in [0.5, 0.6) is 0 Å². The fourth-order valence-corrected chi connectivity index (χ4v) is 6.53. The Morgan fingerprint density at radius 3 is 2.61 bits per heavy atom. The van der Waals surface area contributed by atoms with Crippen LogP contribution in [0.4, 0.5) is 9.52 Å². The molecule has 5 rings (SSSR count). The van der Waals surface area contributed by atoms with E-state index in [1.54, 1.807) is 50.5 Å². The molecule has 1 amide bonds. The Bertz CT molecular complexity index is 1480. The van der Waals surface area contributed by atoms with Crippen molar-refractivity contribution in [3.63, 3.8) is 0 Å². The van der Waals surface area contributed by atoms with Gasteiger partial charge in [0.1, 0.15) is 5.82 Å². The number of rotatable bonds is 7. The number of nitrogens with zero attached hydrogens (tertiary/aromatic N) is 5. The minimum atomic E-state index is -0.927. The lowest BCUT2D eigenvalue weighted by Crippen LogP contribution is -2.31. The average Bonchev–Trinajstić information content (AvgIpc) is 3.55. The number of thioether (sulfide) groups is 1. The maximum absolute atomic E-state index is 13.6. The van der Waals surface area contributed by atoms with Gasteiger partial charge in [-0.1, -0.05) is 41.3 Å². The molecule has 0 radical (unpaired) electrons. The average molecular weight is 540 g/mol. The number of carbonyl (C=O) groups is 2. The van der Waals surface area contributed by atoms with Crippen molar-refractivity contribution in [3.8, 4) is 0 Å². The van der Waals surface area contributed by atoms with Gasteiger partial charge >= 0.3 is 0 Å². The number of hydrogen-bond donors (Lipinski definition) is 1. The van der Waals surface area contributed by atoms with E-state index in [1.165, 1.54) is 51.5 Å². The standard InChI is InChI=1S/C24H18FN5O3S3/c1-12-21(35-13(2)27-12)19(31)17-18(15-4-3-9-26-10-15)30(22(33)20(17)32)23-28-29-24(36-23)34-11-14-5-7-16(25)8-6-14/h3-10,18,32H,11H2,1-2H3. The number of thiazole rings is 1.